The zero-order valence-corrected chi connectivity index (χ0v) is 11.9. The first-order valence-corrected chi connectivity index (χ1v) is 9.17. The lowest BCUT2D eigenvalue weighted by molar-refractivity contribution is -0.890. The van der Waals surface area contributed by atoms with E-state index in [0.29, 0.717) is 5.67 Å². The summed E-state index contributed by atoms with van der Waals surface area (Å²) in [6, 6.07) is 10.9. The van der Waals surface area contributed by atoms with E-state index in [1.807, 2.05) is 0 Å². The van der Waals surface area contributed by atoms with Gasteiger partial charge in [0, 0.05) is 5.56 Å². The first-order valence-electron chi connectivity index (χ1n) is 5.59. The Morgan fingerprint density at radius 2 is 1.40 bits per heavy atom. The Morgan fingerprint density at radius 1 is 0.933 bits per heavy atom. The molecule has 0 saturated carbocycles. The Bertz CT molecular complexity index is 292. The molecule has 2 heteroatoms. The van der Waals surface area contributed by atoms with Gasteiger partial charge in [0.25, 0.3) is 0 Å². The molecule has 0 spiro atoms. The minimum absolute atomic E-state index is 0.665. The van der Waals surface area contributed by atoms with Crippen molar-refractivity contribution in [3.63, 3.8) is 0 Å². The largest absolute Gasteiger partial charge is 0.328 e. The van der Waals surface area contributed by atoms with Crippen molar-refractivity contribution in [3.8, 4) is 0 Å². The zero-order valence-electron chi connectivity index (χ0n) is 10.9. The average molecular weight is 222 g/mol. The third-order valence-corrected chi connectivity index (χ3v) is 5.46. The molecule has 1 unspecified atom stereocenters. The number of hydrogen-bond donors (Lipinski definition) is 0. The molecule has 1 nitrogen and oxygen atoms in total. The number of nitrogens with zero attached hydrogens (tertiary/aromatic N) is 1. The molecule has 1 aromatic rings. The van der Waals surface area contributed by atoms with Crippen molar-refractivity contribution < 1.29 is 4.48 Å². The second kappa shape index (κ2) is 4.10. The molecule has 0 bridgehead atoms. The van der Waals surface area contributed by atoms with Crippen LogP contribution in [0.1, 0.15) is 11.2 Å². The second-order valence-electron chi connectivity index (χ2n) is 6.30. The smallest absolute Gasteiger partial charge is 0.120 e. The fourth-order valence-electron chi connectivity index (χ4n) is 2.74. The van der Waals surface area contributed by atoms with Gasteiger partial charge in [0.15, 0.2) is 0 Å². The lowest BCUT2D eigenvalue weighted by Gasteiger charge is -2.41. The molecule has 0 aliphatic heterocycles. The Kier molecular flexibility index (Phi) is 3.41. The Morgan fingerprint density at radius 3 is 1.73 bits per heavy atom. The Balaban J connectivity index is 3.15. The van der Waals surface area contributed by atoms with E-state index in [4.69, 9.17) is 0 Å². The molecule has 1 rings (SSSR count). The topological polar surface area (TPSA) is 0 Å². The predicted octanol–water partition coefficient (Wildman–Crippen LogP) is 3.31. The summed E-state index contributed by atoms with van der Waals surface area (Å²) in [5.41, 5.74) is 2.16. The van der Waals surface area contributed by atoms with E-state index < -0.39 is 8.07 Å². The summed E-state index contributed by atoms with van der Waals surface area (Å²) in [7, 11) is 5.71. The van der Waals surface area contributed by atoms with Gasteiger partial charge in [-0.25, -0.2) is 0 Å². The van der Waals surface area contributed by atoms with Crippen molar-refractivity contribution >= 4 is 8.07 Å². The van der Waals surface area contributed by atoms with Gasteiger partial charge in [0.2, 0.25) is 0 Å². The first-order chi connectivity index (χ1) is 6.73. The van der Waals surface area contributed by atoms with Gasteiger partial charge in [0.05, 0.1) is 26.8 Å². The number of hydrogen-bond acceptors (Lipinski definition) is 0. The highest BCUT2D eigenvalue weighted by Gasteiger charge is 2.38. The highest BCUT2D eigenvalue weighted by Crippen LogP contribution is 2.32. The van der Waals surface area contributed by atoms with Crippen molar-refractivity contribution in [1.29, 1.82) is 0 Å². The molecule has 15 heavy (non-hydrogen) atoms. The van der Waals surface area contributed by atoms with Crippen molar-refractivity contribution in [1.82, 2.24) is 0 Å². The molecule has 0 amide bonds. The van der Waals surface area contributed by atoms with Gasteiger partial charge < -0.3 is 4.48 Å². The molecule has 0 aliphatic carbocycles. The van der Waals surface area contributed by atoms with Gasteiger partial charge in [-0.15, -0.1) is 0 Å². The first kappa shape index (κ1) is 12.5. The number of rotatable bonds is 3. The number of benzene rings is 1. The van der Waals surface area contributed by atoms with Gasteiger partial charge in [-0.1, -0.05) is 50.0 Å². The van der Waals surface area contributed by atoms with E-state index in [9.17, 15) is 0 Å². The van der Waals surface area contributed by atoms with E-state index in [0.717, 1.165) is 4.48 Å². The highest BCUT2D eigenvalue weighted by molar-refractivity contribution is 6.77. The molecule has 0 saturated heterocycles. The van der Waals surface area contributed by atoms with Gasteiger partial charge in [0.1, 0.15) is 8.07 Å². The molecule has 84 valence electrons. The van der Waals surface area contributed by atoms with Crippen LogP contribution in [0.15, 0.2) is 30.3 Å². The van der Waals surface area contributed by atoms with Crippen LogP contribution in [-0.4, -0.2) is 33.7 Å². The van der Waals surface area contributed by atoms with Crippen molar-refractivity contribution in [2.75, 3.05) is 21.1 Å². The fraction of sp³-hybridized carbons (Fsp3) is 0.538. The summed E-state index contributed by atoms with van der Waals surface area (Å²) in [4.78, 5) is 0. The predicted molar refractivity (Wildman–Crippen MR) is 70.6 cm³/mol. The van der Waals surface area contributed by atoms with Gasteiger partial charge in [-0.2, -0.15) is 0 Å². The van der Waals surface area contributed by atoms with Crippen LogP contribution in [0.5, 0.6) is 0 Å². The van der Waals surface area contributed by atoms with Crippen LogP contribution in [0, 0.1) is 0 Å². The SMILES string of the molecule is C[N+](C)(C)C(c1ccccc1)[Si](C)(C)C. The number of quaternary nitrogens is 1. The van der Waals surface area contributed by atoms with Crippen LogP contribution < -0.4 is 0 Å². The van der Waals surface area contributed by atoms with E-state index in [1.165, 1.54) is 5.56 Å². The van der Waals surface area contributed by atoms with E-state index in [1.54, 1.807) is 0 Å². The maximum absolute atomic E-state index is 2.45. The maximum Gasteiger partial charge on any atom is 0.120 e. The maximum atomic E-state index is 2.45. The third kappa shape index (κ3) is 3.18. The van der Waals surface area contributed by atoms with Crippen LogP contribution in [-0.2, 0) is 0 Å². The molecular weight excluding hydrogens is 198 g/mol. The summed E-state index contributed by atoms with van der Waals surface area (Å²) in [6.45, 7) is 7.36. The van der Waals surface area contributed by atoms with Crippen LogP contribution in [0.4, 0.5) is 0 Å². The van der Waals surface area contributed by atoms with E-state index in [2.05, 4.69) is 71.1 Å². The molecule has 0 fully saturated rings. The standard InChI is InChI=1S/C13H24NSi/c1-14(2,3)13(15(4,5)6)12-10-8-7-9-11-12/h7-11,13H,1-6H3/q+1. The molecule has 0 heterocycles. The Labute approximate surface area is 95.3 Å². The summed E-state index contributed by atoms with van der Waals surface area (Å²) in [5.74, 6) is 0. The molecule has 0 aliphatic rings. The van der Waals surface area contributed by atoms with Gasteiger partial charge >= 0.3 is 0 Å². The van der Waals surface area contributed by atoms with Crippen molar-refractivity contribution in [3.05, 3.63) is 35.9 Å². The molecule has 0 radical (unpaired) electrons. The van der Waals surface area contributed by atoms with Gasteiger partial charge in [-0.3, -0.25) is 0 Å². The van der Waals surface area contributed by atoms with E-state index >= 15 is 0 Å². The monoisotopic (exact) mass is 222 g/mol. The summed E-state index contributed by atoms with van der Waals surface area (Å²) in [6.07, 6.45) is 0. The van der Waals surface area contributed by atoms with Crippen LogP contribution in [0.3, 0.4) is 0 Å². The average Bonchev–Trinajstić information content (AvgIpc) is 2.00. The normalized spacial score (nSPS) is 15.1. The van der Waals surface area contributed by atoms with Crippen molar-refractivity contribution in [2.45, 2.75) is 25.3 Å². The lowest BCUT2D eigenvalue weighted by atomic mass is 10.2. The quantitative estimate of drug-likeness (QED) is 0.544. The van der Waals surface area contributed by atoms with Crippen LogP contribution in [0.25, 0.3) is 0 Å². The Hall–Kier alpha value is -0.603. The molecular formula is C13H24NSi+. The van der Waals surface area contributed by atoms with Gasteiger partial charge in [-0.05, 0) is 0 Å². The highest BCUT2D eigenvalue weighted by atomic mass is 28.3. The minimum Gasteiger partial charge on any atom is -0.328 e. The summed E-state index contributed by atoms with van der Waals surface area (Å²) >= 11 is 0. The fourth-order valence-corrected chi connectivity index (χ4v) is 6.26. The summed E-state index contributed by atoms with van der Waals surface area (Å²) in [5, 5.41) is 0. The molecule has 0 aromatic heterocycles. The molecule has 1 atom stereocenters. The molecule has 0 N–H and O–H groups in total. The zero-order chi connectivity index (χ0) is 11.7. The second-order valence-corrected chi connectivity index (χ2v) is 11.6. The molecule has 1 aromatic carbocycles. The van der Waals surface area contributed by atoms with E-state index in [-0.39, 0.29) is 0 Å². The minimum atomic E-state index is -1.19. The lowest BCUT2D eigenvalue weighted by Crippen LogP contribution is -2.50. The van der Waals surface area contributed by atoms with Crippen LogP contribution >= 0.6 is 0 Å². The third-order valence-electron chi connectivity index (χ3n) is 2.71. The summed E-state index contributed by atoms with van der Waals surface area (Å²) < 4.78 is 1.03. The van der Waals surface area contributed by atoms with Crippen molar-refractivity contribution in [2.24, 2.45) is 0 Å². The van der Waals surface area contributed by atoms with Crippen LogP contribution in [0.2, 0.25) is 19.6 Å².